The summed E-state index contributed by atoms with van der Waals surface area (Å²) in [5, 5.41) is 9.48. The molecule has 19 heavy (non-hydrogen) atoms. The van der Waals surface area contributed by atoms with Gasteiger partial charge in [0.25, 0.3) is 5.91 Å². The Balaban J connectivity index is 2.22. The van der Waals surface area contributed by atoms with E-state index in [9.17, 15) is 9.90 Å². The summed E-state index contributed by atoms with van der Waals surface area (Å²) < 4.78 is 5.47. The number of phenols is 1. The molecule has 1 heterocycles. The lowest BCUT2D eigenvalue weighted by Gasteiger charge is -2.39. The summed E-state index contributed by atoms with van der Waals surface area (Å²) in [6, 6.07) is 4.43. The van der Waals surface area contributed by atoms with E-state index in [1.54, 1.807) is 18.1 Å². The zero-order valence-corrected chi connectivity index (χ0v) is 11.3. The van der Waals surface area contributed by atoms with Crippen LogP contribution in [0.2, 0.25) is 0 Å². The molecule has 1 saturated heterocycles. The third-order valence-corrected chi connectivity index (χ3v) is 3.71. The summed E-state index contributed by atoms with van der Waals surface area (Å²) in [6.45, 7) is 3.22. The SMILES string of the molecule is COC1(C)CCCN(C(=O)c2cc(O)ccc2N)C1. The molecule has 1 aliphatic heterocycles. The van der Waals surface area contributed by atoms with Crippen LogP contribution in [-0.2, 0) is 4.74 Å². The number of nitrogens with two attached hydrogens (primary N) is 1. The van der Waals surface area contributed by atoms with E-state index in [0.29, 0.717) is 24.3 Å². The van der Waals surface area contributed by atoms with Crippen LogP contribution >= 0.6 is 0 Å². The van der Waals surface area contributed by atoms with Crippen molar-refractivity contribution in [3.05, 3.63) is 23.8 Å². The number of nitrogen functional groups attached to an aromatic ring is 1. The Bertz CT molecular complexity index is 490. The second-order valence-corrected chi connectivity index (χ2v) is 5.26. The number of hydrogen-bond acceptors (Lipinski definition) is 4. The fourth-order valence-electron chi connectivity index (χ4n) is 2.45. The van der Waals surface area contributed by atoms with Crippen LogP contribution in [0.5, 0.6) is 5.75 Å². The minimum Gasteiger partial charge on any atom is -0.508 e. The fraction of sp³-hybridized carbons (Fsp3) is 0.500. The third kappa shape index (κ3) is 2.81. The van der Waals surface area contributed by atoms with Crippen molar-refractivity contribution >= 4 is 11.6 Å². The summed E-state index contributed by atoms with van der Waals surface area (Å²) in [5.41, 5.74) is 6.23. The van der Waals surface area contributed by atoms with E-state index in [-0.39, 0.29) is 17.3 Å². The van der Waals surface area contributed by atoms with Crippen molar-refractivity contribution in [3.8, 4) is 5.75 Å². The Morgan fingerprint density at radius 2 is 2.26 bits per heavy atom. The standard InChI is InChI=1S/C14H20N2O3/c1-14(19-2)6-3-7-16(9-14)13(18)11-8-10(17)4-5-12(11)15/h4-5,8,17H,3,6-7,9,15H2,1-2H3. The predicted octanol–water partition coefficient (Wildman–Crippen LogP) is 1.62. The van der Waals surface area contributed by atoms with Crippen LogP contribution in [0.1, 0.15) is 30.1 Å². The molecule has 0 aromatic heterocycles. The quantitative estimate of drug-likeness (QED) is 0.628. The van der Waals surface area contributed by atoms with E-state index >= 15 is 0 Å². The molecular formula is C14H20N2O3. The summed E-state index contributed by atoms with van der Waals surface area (Å²) in [4.78, 5) is 14.2. The number of methoxy groups -OCH3 is 1. The maximum Gasteiger partial charge on any atom is 0.256 e. The van der Waals surface area contributed by atoms with Gasteiger partial charge in [-0.05, 0) is 38.0 Å². The normalized spacial score (nSPS) is 23.4. The highest BCUT2D eigenvalue weighted by molar-refractivity contribution is 5.99. The molecule has 0 radical (unpaired) electrons. The number of ether oxygens (including phenoxy) is 1. The minimum absolute atomic E-state index is 0.0454. The molecule has 1 fully saturated rings. The first-order chi connectivity index (χ1) is 8.95. The van der Waals surface area contributed by atoms with Gasteiger partial charge in [0, 0.05) is 25.9 Å². The largest absolute Gasteiger partial charge is 0.508 e. The van der Waals surface area contributed by atoms with Gasteiger partial charge in [0.2, 0.25) is 0 Å². The lowest BCUT2D eigenvalue weighted by Crippen LogP contribution is -2.49. The summed E-state index contributed by atoms with van der Waals surface area (Å²) in [5.74, 6) is -0.111. The molecular weight excluding hydrogens is 244 g/mol. The van der Waals surface area contributed by atoms with E-state index in [1.807, 2.05) is 6.92 Å². The van der Waals surface area contributed by atoms with E-state index in [0.717, 1.165) is 12.8 Å². The van der Waals surface area contributed by atoms with Crippen LogP contribution in [0.15, 0.2) is 18.2 Å². The van der Waals surface area contributed by atoms with Crippen molar-refractivity contribution < 1.29 is 14.6 Å². The van der Waals surface area contributed by atoms with Gasteiger partial charge in [-0.3, -0.25) is 4.79 Å². The second-order valence-electron chi connectivity index (χ2n) is 5.26. The topological polar surface area (TPSA) is 75.8 Å². The Morgan fingerprint density at radius 3 is 2.95 bits per heavy atom. The first kappa shape index (κ1) is 13.7. The monoisotopic (exact) mass is 264 g/mol. The number of anilines is 1. The molecule has 104 valence electrons. The average molecular weight is 264 g/mol. The zero-order valence-electron chi connectivity index (χ0n) is 11.3. The van der Waals surface area contributed by atoms with Gasteiger partial charge >= 0.3 is 0 Å². The van der Waals surface area contributed by atoms with Gasteiger partial charge in [0.15, 0.2) is 0 Å². The molecule has 0 bridgehead atoms. The summed E-state index contributed by atoms with van der Waals surface area (Å²) in [7, 11) is 1.66. The highest BCUT2D eigenvalue weighted by Gasteiger charge is 2.33. The van der Waals surface area contributed by atoms with Gasteiger partial charge in [-0.1, -0.05) is 0 Å². The molecule has 5 heteroatoms. The smallest absolute Gasteiger partial charge is 0.256 e. The first-order valence-electron chi connectivity index (χ1n) is 6.38. The van der Waals surface area contributed by atoms with Crippen molar-refractivity contribution in [2.24, 2.45) is 0 Å². The van der Waals surface area contributed by atoms with Crippen LogP contribution in [0.25, 0.3) is 0 Å². The Labute approximate surface area is 113 Å². The number of hydrogen-bond donors (Lipinski definition) is 2. The minimum atomic E-state index is -0.306. The highest BCUT2D eigenvalue weighted by Crippen LogP contribution is 2.27. The van der Waals surface area contributed by atoms with Crippen LogP contribution in [-0.4, -0.2) is 41.7 Å². The molecule has 0 saturated carbocycles. The van der Waals surface area contributed by atoms with Crippen LogP contribution < -0.4 is 5.73 Å². The van der Waals surface area contributed by atoms with Crippen LogP contribution in [0, 0.1) is 0 Å². The lowest BCUT2D eigenvalue weighted by atomic mass is 9.94. The van der Waals surface area contributed by atoms with E-state index in [1.165, 1.54) is 12.1 Å². The Hall–Kier alpha value is -1.75. The molecule has 1 aromatic rings. The number of rotatable bonds is 2. The molecule has 0 aliphatic carbocycles. The van der Waals surface area contributed by atoms with Gasteiger partial charge in [-0.25, -0.2) is 0 Å². The molecule has 1 unspecified atom stereocenters. The first-order valence-corrected chi connectivity index (χ1v) is 6.38. The maximum atomic E-state index is 12.5. The van der Waals surface area contributed by atoms with Crippen molar-refractivity contribution in [1.29, 1.82) is 0 Å². The number of aromatic hydroxyl groups is 1. The van der Waals surface area contributed by atoms with E-state index < -0.39 is 0 Å². The number of piperidine rings is 1. The molecule has 3 N–H and O–H groups in total. The number of likely N-dealkylation sites (tertiary alicyclic amines) is 1. The third-order valence-electron chi connectivity index (χ3n) is 3.71. The Morgan fingerprint density at radius 1 is 1.53 bits per heavy atom. The van der Waals surface area contributed by atoms with E-state index in [2.05, 4.69) is 0 Å². The number of amides is 1. The molecule has 1 atom stereocenters. The number of nitrogens with zero attached hydrogens (tertiary/aromatic N) is 1. The number of benzene rings is 1. The highest BCUT2D eigenvalue weighted by atomic mass is 16.5. The zero-order chi connectivity index (χ0) is 14.0. The van der Waals surface area contributed by atoms with Crippen molar-refractivity contribution in [2.45, 2.75) is 25.4 Å². The molecule has 1 aliphatic rings. The number of carbonyl (C=O) groups is 1. The van der Waals surface area contributed by atoms with Crippen molar-refractivity contribution in [3.63, 3.8) is 0 Å². The predicted molar refractivity (Wildman–Crippen MR) is 73.1 cm³/mol. The molecule has 1 aromatic carbocycles. The van der Waals surface area contributed by atoms with Gasteiger partial charge in [0.05, 0.1) is 11.2 Å². The van der Waals surface area contributed by atoms with Crippen molar-refractivity contribution in [1.82, 2.24) is 4.90 Å². The number of carbonyl (C=O) groups excluding carboxylic acids is 1. The summed E-state index contributed by atoms with van der Waals surface area (Å²) >= 11 is 0. The molecule has 2 rings (SSSR count). The van der Waals surface area contributed by atoms with Gasteiger partial charge in [0.1, 0.15) is 5.75 Å². The van der Waals surface area contributed by atoms with Crippen molar-refractivity contribution in [2.75, 3.05) is 25.9 Å². The van der Waals surface area contributed by atoms with Gasteiger partial charge in [-0.15, -0.1) is 0 Å². The van der Waals surface area contributed by atoms with Crippen LogP contribution in [0.3, 0.4) is 0 Å². The molecule has 0 spiro atoms. The molecule has 1 amide bonds. The average Bonchev–Trinajstić information content (AvgIpc) is 2.41. The number of phenolic OH excluding ortho intramolecular Hbond substituents is 1. The van der Waals surface area contributed by atoms with Gasteiger partial charge in [-0.2, -0.15) is 0 Å². The van der Waals surface area contributed by atoms with E-state index in [4.69, 9.17) is 10.5 Å². The maximum absolute atomic E-state index is 12.5. The fourth-order valence-corrected chi connectivity index (χ4v) is 2.45. The summed E-state index contributed by atoms with van der Waals surface area (Å²) in [6.07, 6.45) is 1.83. The Kier molecular flexibility index (Phi) is 3.66. The second kappa shape index (κ2) is 5.09. The van der Waals surface area contributed by atoms with Gasteiger partial charge < -0.3 is 20.5 Å². The lowest BCUT2D eigenvalue weighted by molar-refractivity contribution is -0.0439. The molecule has 5 nitrogen and oxygen atoms in total. The van der Waals surface area contributed by atoms with Crippen LogP contribution in [0.4, 0.5) is 5.69 Å².